The Morgan fingerprint density at radius 1 is 1.12 bits per heavy atom. The van der Waals surface area contributed by atoms with E-state index in [0.717, 1.165) is 0 Å². The van der Waals surface area contributed by atoms with Crippen molar-refractivity contribution in [3.63, 3.8) is 0 Å². The minimum Gasteiger partial charge on any atom is -0.503 e. The number of hydrogen-bond acceptors (Lipinski definition) is 4. The number of methoxy groups -OCH3 is 1. The first kappa shape index (κ1) is 20.4. The lowest BCUT2D eigenvalue weighted by molar-refractivity contribution is -0.274. The quantitative estimate of drug-likeness (QED) is 0.751. The molecule has 132 valence electrons. The number of phenols is 1. The maximum Gasteiger partial charge on any atom is 0.573 e. The molecule has 0 spiro atoms. The van der Waals surface area contributed by atoms with Gasteiger partial charge in [0.2, 0.25) is 0 Å². The monoisotopic (exact) mass is 427 g/mol. The Labute approximate surface area is 150 Å². The number of hydrogen-bond donors (Lipinski definition) is 2. The highest BCUT2D eigenvalue weighted by Crippen LogP contribution is 2.37. The molecule has 0 aliphatic carbocycles. The molecular weight excluding hydrogens is 415 g/mol. The van der Waals surface area contributed by atoms with Gasteiger partial charge in [-0.3, -0.25) is 0 Å². The molecule has 0 bridgehead atoms. The lowest BCUT2D eigenvalue weighted by Gasteiger charge is -2.16. The predicted molar refractivity (Wildman–Crippen MR) is 88.8 cm³/mol. The van der Waals surface area contributed by atoms with E-state index < -0.39 is 12.4 Å². The highest BCUT2D eigenvalue weighted by atomic mass is 79.9. The molecular formula is C15H14BrClF3NO3. The molecule has 0 fully saturated rings. The van der Waals surface area contributed by atoms with Gasteiger partial charge in [0.15, 0.2) is 11.5 Å². The van der Waals surface area contributed by atoms with Crippen LogP contribution in [-0.4, -0.2) is 18.6 Å². The second-order valence-corrected chi connectivity index (χ2v) is 5.50. The van der Waals surface area contributed by atoms with Gasteiger partial charge in [-0.05, 0) is 51.3 Å². The lowest BCUT2D eigenvalue weighted by Crippen LogP contribution is -2.17. The van der Waals surface area contributed by atoms with Crippen LogP contribution in [0.25, 0.3) is 0 Å². The highest BCUT2D eigenvalue weighted by molar-refractivity contribution is 9.10. The number of aromatic hydroxyl groups is 1. The zero-order valence-electron chi connectivity index (χ0n) is 12.3. The summed E-state index contributed by atoms with van der Waals surface area (Å²) >= 11 is 3.19. The first-order chi connectivity index (χ1) is 10.7. The van der Waals surface area contributed by atoms with Crippen molar-refractivity contribution in [2.45, 2.75) is 12.4 Å². The maximum atomic E-state index is 12.1. The summed E-state index contributed by atoms with van der Waals surface area (Å²) in [5, 5.41) is 9.78. The van der Waals surface area contributed by atoms with Crippen molar-refractivity contribution in [2.75, 3.05) is 7.11 Å². The number of rotatable bonds is 4. The molecule has 1 atom stereocenters. The molecule has 3 N–H and O–H groups in total. The van der Waals surface area contributed by atoms with Crippen molar-refractivity contribution in [1.29, 1.82) is 0 Å². The van der Waals surface area contributed by atoms with E-state index in [9.17, 15) is 18.3 Å². The smallest absolute Gasteiger partial charge is 0.503 e. The standard InChI is InChI=1S/C15H13BrF3NO3.ClH/c1-22-12-7-9(6-11(16)14(12)21)13(20)8-2-4-10(5-3-8)23-15(17,18)19;/h2-7,13,21H,20H2,1H3;1H/t13-;/m1./s1. The molecule has 0 radical (unpaired) electrons. The summed E-state index contributed by atoms with van der Waals surface area (Å²) < 4.78 is 45.7. The van der Waals surface area contributed by atoms with Crippen molar-refractivity contribution >= 4 is 28.3 Å². The van der Waals surface area contributed by atoms with Gasteiger partial charge in [0, 0.05) is 0 Å². The minimum atomic E-state index is -4.74. The third-order valence-electron chi connectivity index (χ3n) is 3.10. The summed E-state index contributed by atoms with van der Waals surface area (Å²) in [6.07, 6.45) is -4.74. The molecule has 0 aliphatic heterocycles. The van der Waals surface area contributed by atoms with E-state index in [-0.39, 0.29) is 29.7 Å². The Hall–Kier alpha value is -1.64. The maximum absolute atomic E-state index is 12.1. The highest BCUT2D eigenvalue weighted by Gasteiger charge is 2.31. The molecule has 2 aromatic rings. The largest absolute Gasteiger partial charge is 0.573 e. The van der Waals surface area contributed by atoms with Crippen molar-refractivity contribution in [1.82, 2.24) is 0 Å². The molecule has 4 nitrogen and oxygen atoms in total. The van der Waals surface area contributed by atoms with E-state index in [0.29, 0.717) is 15.6 Å². The van der Waals surface area contributed by atoms with Gasteiger partial charge < -0.3 is 20.3 Å². The normalized spacial score (nSPS) is 12.2. The van der Waals surface area contributed by atoms with Gasteiger partial charge in [-0.2, -0.15) is 0 Å². The summed E-state index contributed by atoms with van der Waals surface area (Å²) in [4.78, 5) is 0. The van der Waals surface area contributed by atoms with Crippen LogP contribution in [0.1, 0.15) is 17.2 Å². The van der Waals surface area contributed by atoms with Crippen molar-refractivity contribution in [2.24, 2.45) is 5.73 Å². The van der Waals surface area contributed by atoms with Crippen molar-refractivity contribution in [3.8, 4) is 17.2 Å². The molecule has 2 rings (SSSR count). The third-order valence-corrected chi connectivity index (χ3v) is 3.71. The second kappa shape index (κ2) is 7.96. The Kier molecular flexibility index (Phi) is 6.76. The lowest BCUT2D eigenvalue weighted by atomic mass is 9.99. The number of nitrogens with two attached hydrogens (primary N) is 1. The van der Waals surface area contributed by atoms with Crippen molar-refractivity contribution in [3.05, 3.63) is 52.0 Å². The Morgan fingerprint density at radius 2 is 1.71 bits per heavy atom. The van der Waals surface area contributed by atoms with Crippen LogP contribution in [-0.2, 0) is 0 Å². The number of ether oxygens (including phenoxy) is 2. The fourth-order valence-corrected chi connectivity index (χ4v) is 2.46. The van der Waals surface area contributed by atoms with Crippen molar-refractivity contribution < 1.29 is 27.8 Å². The van der Waals surface area contributed by atoms with E-state index in [2.05, 4.69) is 20.7 Å². The van der Waals surface area contributed by atoms with Crippen LogP contribution in [0.4, 0.5) is 13.2 Å². The van der Waals surface area contributed by atoms with E-state index in [1.165, 1.54) is 31.4 Å². The molecule has 0 aromatic heterocycles. The third kappa shape index (κ3) is 4.93. The summed E-state index contributed by atoms with van der Waals surface area (Å²) in [6, 6.07) is 7.83. The Bertz CT molecular complexity index is 696. The number of halogens is 5. The first-order valence-electron chi connectivity index (χ1n) is 6.39. The minimum absolute atomic E-state index is 0. The Balaban J connectivity index is 0.00000288. The topological polar surface area (TPSA) is 64.7 Å². The van der Waals surface area contributed by atoms with Gasteiger partial charge in [-0.1, -0.05) is 12.1 Å². The molecule has 0 saturated carbocycles. The molecule has 0 unspecified atom stereocenters. The molecule has 2 aromatic carbocycles. The average molecular weight is 429 g/mol. The van der Waals surface area contributed by atoms with Crippen LogP contribution in [0.15, 0.2) is 40.9 Å². The summed E-state index contributed by atoms with van der Waals surface area (Å²) in [6.45, 7) is 0. The van der Waals surface area contributed by atoms with Gasteiger partial charge in [-0.25, -0.2) is 0 Å². The van der Waals surface area contributed by atoms with E-state index in [1.54, 1.807) is 12.1 Å². The fraction of sp³-hybridized carbons (Fsp3) is 0.200. The molecule has 24 heavy (non-hydrogen) atoms. The van der Waals surface area contributed by atoms with E-state index in [1.807, 2.05) is 0 Å². The number of alkyl halides is 3. The van der Waals surface area contributed by atoms with Gasteiger partial charge >= 0.3 is 6.36 Å². The molecule has 0 heterocycles. The van der Waals surface area contributed by atoms with Crippen LogP contribution in [0.3, 0.4) is 0 Å². The van der Waals surface area contributed by atoms with Gasteiger partial charge in [0.1, 0.15) is 5.75 Å². The Morgan fingerprint density at radius 3 is 2.21 bits per heavy atom. The van der Waals surface area contributed by atoms with Gasteiger partial charge in [0.05, 0.1) is 17.6 Å². The van der Waals surface area contributed by atoms with E-state index >= 15 is 0 Å². The molecule has 0 saturated heterocycles. The van der Waals surface area contributed by atoms with Gasteiger partial charge in [-0.15, -0.1) is 25.6 Å². The molecule has 0 aliphatic rings. The predicted octanol–water partition coefficient (Wildman–Crippen LogP) is 4.53. The summed E-state index contributed by atoms with van der Waals surface area (Å²) in [7, 11) is 1.40. The molecule has 9 heteroatoms. The SMILES string of the molecule is COc1cc([C@H](N)c2ccc(OC(F)(F)F)cc2)cc(Br)c1O.Cl. The van der Waals surface area contributed by atoms with E-state index in [4.69, 9.17) is 10.5 Å². The zero-order valence-corrected chi connectivity index (χ0v) is 14.7. The second-order valence-electron chi connectivity index (χ2n) is 4.65. The summed E-state index contributed by atoms with van der Waals surface area (Å²) in [5.41, 5.74) is 7.32. The van der Waals surface area contributed by atoms with Crippen LogP contribution in [0.2, 0.25) is 0 Å². The number of phenolic OH excluding ortho intramolecular Hbond substituents is 1. The first-order valence-corrected chi connectivity index (χ1v) is 7.18. The fourth-order valence-electron chi connectivity index (χ4n) is 2.00. The van der Waals surface area contributed by atoms with Gasteiger partial charge in [0.25, 0.3) is 0 Å². The summed E-state index contributed by atoms with van der Waals surface area (Å²) in [5.74, 6) is -0.142. The molecule has 0 amide bonds. The zero-order chi connectivity index (χ0) is 17.2. The van der Waals surface area contributed by atoms with Crippen LogP contribution in [0.5, 0.6) is 17.2 Å². The van der Waals surface area contributed by atoms with Crippen LogP contribution < -0.4 is 15.2 Å². The average Bonchev–Trinajstić information content (AvgIpc) is 2.48. The van der Waals surface area contributed by atoms with Crippen LogP contribution in [0, 0.1) is 0 Å². The number of benzene rings is 2. The van der Waals surface area contributed by atoms with Crippen LogP contribution >= 0.6 is 28.3 Å².